The summed E-state index contributed by atoms with van der Waals surface area (Å²) in [6.07, 6.45) is 0.298. The molecule has 1 N–H and O–H groups in total. The Morgan fingerprint density at radius 2 is 2.00 bits per heavy atom. The molecule has 0 heterocycles. The highest BCUT2D eigenvalue weighted by Gasteiger charge is 2.15. The summed E-state index contributed by atoms with van der Waals surface area (Å²) in [5, 5.41) is 3.13. The zero-order valence-corrected chi connectivity index (χ0v) is 8.92. The lowest BCUT2D eigenvalue weighted by Gasteiger charge is -2.28. The molecule has 2 unspecified atom stereocenters. The van der Waals surface area contributed by atoms with Crippen molar-refractivity contribution in [1.29, 1.82) is 0 Å². The molecule has 0 aliphatic heterocycles. The quantitative estimate of drug-likeness (QED) is 0.637. The predicted octanol–water partition coefficient (Wildman–Crippen LogP) is 0.561. The first-order valence-corrected chi connectivity index (χ1v) is 4.51. The Balaban J connectivity index is 3.67. The number of nitrogens with one attached hydrogen (secondary N) is 1. The summed E-state index contributed by atoms with van der Waals surface area (Å²) in [7, 11) is 5.85. The molecule has 0 saturated heterocycles. The first-order chi connectivity index (χ1) is 5.63. The van der Waals surface area contributed by atoms with Crippen LogP contribution in [0.4, 0.5) is 0 Å². The van der Waals surface area contributed by atoms with Gasteiger partial charge in [-0.15, -0.1) is 0 Å². The molecule has 0 radical (unpaired) electrons. The topological polar surface area (TPSA) is 24.5 Å². The number of methoxy groups -OCH3 is 1. The highest BCUT2D eigenvalue weighted by atomic mass is 16.5. The Hall–Kier alpha value is -0.120. The Labute approximate surface area is 76.1 Å². The molecule has 74 valence electrons. The van der Waals surface area contributed by atoms with Gasteiger partial charge in [0, 0.05) is 26.2 Å². The second kappa shape index (κ2) is 6.40. The van der Waals surface area contributed by atoms with E-state index in [1.54, 1.807) is 7.11 Å². The molecule has 3 heteroatoms. The summed E-state index contributed by atoms with van der Waals surface area (Å²) in [5.74, 6) is 0. The molecule has 0 aromatic heterocycles. The Bertz CT molecular complexity index is 109. The van der Waals surface area contributed by atoms with Gasteiger partial charge in [-0.1, -0.05) is 0 Å². The number of likely N-dealkylation sites (N-methyl/N-ethyl adjacent to an activating group) is 2. The molecule has 0 fully saturated rings. The van der Waals surface area contributed by atoms with Gasteiger partial charge in [0.05, 0.1) is 6.10 Å². The van der Waals surface area contributed by atoms with Gasteiger partial charge in [0.15, 0.2) is 0 Å². The third-order valence-electron chi connectivity index (χ3n) is 2.46. The zero-order valence-electron chi connectivity index (χ0n) is 8.92. The van der Waals surface area contributed by atoms with Crippen molar-refractivity contribution in [1.82, 2.24) is 10.2 Å². The number of ether oxygens (including phenoxy) is 1. The molecular weight excluding hydrogens is 152 g/mol. The minimum atomic E-state index is 0.298. The van der Waals surface area contributed by atoms with Crippen molar-refractivity contribution in [2.24, 2.45) is 0 Å². The minimum Gasteiger partial charge on any atom is -0.380 e. The molecule has 0 amide bonds. The van der Waals surface area contributed by atoms with Crippen LogP contribution in [0.15, 0.2) is 0 Å². The molecule has 0 aliphatic carbocycles. The van der Waals surface area contributed by atoms with E-state index in [0.29, 0.717) is 12.1 Å². The highest BCUT2D eigenvalue weighted by Crippen LogP contribution is 2.03. The first-order valence-electron chi connectivity index (χ1n) is 4.51. The van der Waals surface area contributed by atoms with Crippen molar-refractivity contribution < 1.29 is 4.74 Å². The summed E-state index contributed by atoms with van der Waals surface area (Å²) in [6, 6.07) is 0.475. The van der Waals surface area contributed by atoms with Crippen molar-refractivity contribution in [3.8, 4) is 0 Å². The van der Waals surface area contributed by atoms with Gasteiger partial charge in [0.2, 0.25) is 0 Å². The lowest BCUT2D eigenvalue weighted by Crippen LogP contribution is -2.41. The van der Waals surface area contributed by atoms with Gasteiger partial charge in [-0.2, -0.15) is 0 Å². The van der Waals surface area contributed by atoms with Gasteiger partial charge in [0.1, 0.15) is 0 Å². The minimum absolute atomic E-state index is 0.298. The normalized spacial score (nSPS) is 16.5. The standard InChI is InChI=1S/C9H22N2O/c1-8(9(2)12-5)11(4)7-6-10-3/h8-10H,6-7H2,1-5H3. The fraction of sp³-hybridized carbons (Fsp3) is 1.00. The molecule has 0 rings (SSSR count). The average molecular weight is 174 g/mol. The Kier molecular flexibility index (Phi) is 6.34. The zero-order chi connectivity index (χ0) is 9.56. The Morgan fingerprint density at radius 3 is 2.42 bits per heavy atom. The van der Waals surface area contributed by atoms with E-state index in [9.17, 15) is 0 Å². The van der Waals surface area contributed by atoms with Crippen LogP contribution < -0.4 is 5.32 Å². The molecule has 0 spiro atoms. The van der Waals surface area contributed by atoms with Crippen molar-refractivity contribution >= 4 is 0 Å². The molecule has 0 bridgehead atoms. The highest BCUT2D eigenvalue weighted by molar-refractivity contribution is 4.70. The molecular formula is C9H22N2O. The smallest absolute Gasteiger partial charge is 0.0695 e. The van der Waals surface area contributed by atoms with Gasteiger partial charge in [-0.05, 0) is 27.9 Å². The van der Waals surface area contributed by atoms with E-state index in [4.69, 9.17) is 4.74 Å². The second-order valence-electron chi connectivity index (χ2n) is 3.27. The van der Waals surface area contributed by atoms with E-state index >= 15 is 0 Å². The van der Waals surface area contributed by atoms with Gasteiger partial charge in [-0.3, -0.25) is 4.90 Å². The van der Waals surface area contributed by atoms with Crippen molar-refractivity contribution in [3.63, 3.8) is 0 Å². The van der Waals surface area contributed by atoms with Crippen molar-refractivity contribution in [2.75, 3.05) is 34.3 Å². The number of hydrogen-bond donors (Lipinski definition) is 1. The maximum Gasteiger partial charge on any atom is 0.0695 e. The van der Waals surface area contributed by atoms with Crippen LogP contribution in [0.3, 0.4) is 0 Å². The van der Waals surface area contributed by atoms with E-state index < -0.39 is 0 Å². The monoisotopic (exact) mass is 174 g/mol. The van der Waals surface area contributed by atoms with E-state index in [1.807, 2.05) is 7.05 Å². The summed E-state index contributed by atoms with van der Waals surface area (Å²) in [4.78, 5) is 2.30. The molecule has 0 aromatic carbocycles. The van der Waals surface area contributed by atoms with E-state index in [1.165, 1.54) is 0 Å². The number of nitrogens with zero attached hydrogens (tertiary/aromatic N) is 1. The maximum atomic E-state index is 5.25. The van der Waals surface area contributed by atoms with Crippen LogP contribution in [-0.2, 0) is 4.74 Å². The summed E-state index contributed by atoms with van der Waals surface area (Å²) >= 11 is 0. The number of rotatable bonds is 6. The first kappa shape index (κ1) is 11.9. The van der Waals surface area contributed by atoms with Crippen LogP contribution >= 0.6 is 0 Å². The van der Waals surface area contributed by atoms with Crippen LogP contribution in [0.1, 0.15) is 13.8 Å². The summed E-state index contributed by atoms with van der Waals surface area (Å²) in [6.45, 7) is 6.37. The molecule has 2 atom stereocenters. The van der Waals surface area contributed by atoms with Crippen LogP contribution in [0.5, 0.6) is 0 Å². The van der Waals surface area contributed by atoms with Crippen LogP contribution in [0.25, 0.3) is 0 Å². The Morgan fingerprint density at radius 1 is 1.42 bits per heavy atom. The van der Waals surface area contributed by atoms with E-state index in [-0.39, 0.29) is 0 Å². The van der Waals surface area contributed by atoms with Crippen LogP contribution in [0.2, 0.25) is 0 Å². The largest absolute Gasteiger partial charge is 0.380 e. The molecule has 3 nitrogen and oxygen atoms in total. The van der Waals surface area contributed by atoms with Crippen molar-refractivity contribution in [3.05, 3.63) is 0 Å². The summed E-state index contributed by atoms with van der Waals surface area (Å²) in [5.41, 5.74) is 0. The van der Waals surface area contributed by atoms with Gasteiger partial charge >= 0.3 is 0 Å². The van der Waals surface area contributed by atoms with Crippen LogP contribution in [0, 0.1) is 0 Å². The average Bonchev–Trinajstić information content (AvgIpc) is 2.11. The predicted molar refractivity (Wildman–Crippen MR) is 52.5 cm³/mol. The van der Waals surface area contributed by atoms with E-state index in [0.717, 1.165) is 13.1 Å². The van der Waals surface area contributed by atoms with Crippen molar-refractivity contribution in [2.45, 2.75) is 26.0 Å². The van der Waals surface area contributed by atoms with Crippen LogP contribution in [-0.4, -0.2) is 51.3 Å². The molecule has 0 saturated carbocycles. The van der Waals surface area contributed by atoms with Gasteiger partial charge < -0.3 is 10.1 Å². The van der Waals surface area contributed by atoms with Gasteiger partial charge in [-0.25, -0.2) is 0 Å². The van der Waals surface area contributed by atoms with E-state index in [2.05, 4.69) is 31.1 Å². The maximum absolute atomic E-state index is 5.25. The third-order valence-corrected chi connectivity index (χ3v) is 2.46. The second-order valence-corrected chi connectivity index (χ2v) is 3.27. The fourth-order valence-corrected chi connectivity index (χ4v) is 1.05. The molecule has 0 aromatic rings. The molecule has 12 heavy (non-hydrogen) atoms. The fourth-order valence-electron chi connectivity index (χ4n) is 1.05. The molecule has 0 aliphatic rings. The summed E-state index contributed by atoms with van der Waals surface area (Å²) < 4.78 is 5.25. The lowest BCUT2D eigenvalue weighted by molar-refractivity contribution is 0.0446. The lowest BCUT2D eigenvalue weighted by atomic mass is 10.2. The number of hydrogen-bond acceptors (Lipinski definition) is 3. The van der Waals surface area contributed by atoms with Gasteiger partial charge in [0.25, 0.3) is 0 Å². The SMILES string of the molecule is CNCCN(C)C(C)C(C)OC. The third kappa shape index (κ3) is 4.04.